The lowest BCUT2D eigenvalue weighted by Crippen LogP contribution is -2.19. The van der Waals surface area contributed by atoms with Crippen LogP contribution >= 0.6 is 0 Å². The number of rotatable bonds is 5. The molecule has 132 valence electrons. The van der Waals surface area contributed by atoms with Crippen molar-refractivity contribution in [2.45, 2.75) is 44.1 Å². The molecule has 1 fully saturated rings. The van der Waals surface area contributed by atoms with Crippen LogP contribution in [0.5, 0.6) is 5.75 Å². The Bertz CT molecular complexity index is 747. The van der Waals surface area contributed by atoms with Crippen molar-refractivity contribution >= 4 is 0 Å². The van der Waals surface area contributed by atoms with Crippen molar-refractivity contribution < 1.29 is 4.74 Å². The molecule has 0 radical (unpaired) electrons. The fourth-order valence-corrected chi connectivity index (χ4v) is 3.98. The van der Waals surface area contributed by atoms with E-state index in [1.807, 2.05) is 0 Å². The first kappa shape index (κ1) is 16.9. The normalized spacial score (nSPS) is 15.1. The molecule has 1 saturated carbocycles. The quantitative estimate of drug-likeness (QED) is 0.476. The Kier molecular flexibility index (Phi) is 5.35. The zero-order valence-electron chi connectivity index (χ0n) is 15.2. The van der Waals surface area contributed by atoms with Gasteiger partial charge in [-0.3, -0.25) is 0 Å². The van der Waals surface area contributed by atoms with E-state index in [2.05, 4.69) is 84.9 Å². The second kappa shape index (κ2) is 8.23. The first-order valence-corrected chi connectivity index (χ1v) is 9.77. The van der Waals surface area contributed by atoms with Gasteiger partial charge in [-0.2, -0.15) is 0 Å². The zero-order chi connectivity index (χ0) is 17.6. The minimum Gasteiger partial charge on any atom is -0.490 e. The first-order chi connectivity index (χ1) is 12.9. The van der Waals surface area contributed by atoms with E-state index < -0.39 is 0 Å². The minimum absolute atomic E-state index is 0.251. The Labute approximate surface area is 156 Å². The molecule has 0 unspecified atom stereocenters. The van der Waals surface area contributed by atoms with Gasteiger partial charge in [0.15, 0.2) is 0 Å². The van der Waals surface area contributed by atoms with E-state index in [-0.39, 0.29) is 5.92 Å². The third-order valence-electron chi connectivity index (χ3n) is 5.33. The van der Waals surface area contributed by atoms with E-state index in [0.717, 1.165) is 5.75 Å². The molecular formula is C25H26O. The third kappa shape index (κ3) is 3.99. The van der Waals surface area contributed by atoms with E-state index in [1.54, 1.807) is 0 Å². The average molecular weight is 342 g/mol. The van der Waals surface area contributed by atoms with E-state index in [1.165, 1.54) is 48.8 Å². The van der Waals surface area contributed by atoms with Gasteiger partial charge in [0.25, 0.3) is 0 Å². The van der Waals surface area contributed by atoms with Gasteiger partial charge in [-0.25, -0.2) is 0 Å². The van der Waals surface area contributed by atoms with Crippen molar-refractivity contribution in [2.24, 2.45) is 0 Å². The predicted octanol–water partition coefficient (Wildman–Crippen LogP) is 6.58. The van der Waals surface area contributed by atoms with Crippen LogP contribution in [-0.2, 0) is 0 Å². The molecule has 1 nitrogen and oxygen atoms in total. The SMILES string of the molecule is c1ccc(C(c2ccccc2)c2ccc(OC3CCCCC3)cc2)cc1. The molecule has 0 amide bonds. The average Bonchev–Trinajstić information content (AvgIpc) is 2.72. The Balaban J connectivity index is 1.59. The summed E-state index contributed by atoms with van der Waals surface area (Å²) in [5, 5.41) is 0. The summed E-state index contributed by atoms with van der Waals surface area (Å²) in [5.74, 6) is 1.25. The van der Waals surface area contributed by atoms with Gasteiger partial charge in [-0.15, -0.1) is 0 Å². The standard InChI is InChI=1S/C25H26O/c1-4-10-20(11-5-1)25(21-12-6-2-7-13-21)22-16-18-24(19-17-22)26-23-14-8-3-9-15-23/h1-2,4-7,10-13,16-19,23,25H,3,8-9,14-15H2. The van der Waals surface area contributed by atoms with Crippen LogP contribution in [0.4, 0.5) is 0 Å². The van der Waals surface area contributed by atoms with Crippen molar-refractivity contribution in [3.05, 3.63) is 102 Å². The molecule has 0 atom stereocenters. The van der Waals surface area contributed by atoms with E-state index >= 15 is 0 Å². The maximum Gasteiger partial charge on any atom is 0.119 e. The molecule has 1 aliphatic carbocycles. The van der Waals surface area contributed by atoms with Gasteiger partial charge in [0, 0.05) is 5.92 Å². The smallest absolute Gasteiger partial charge is 0.119 e. The molecule has 0 saturated heterocycles. The molecule has 1 heteroatoms. The van der Waals surface area contributed by atoms with Gasteiger partial charge < -0.3 is 4.74 Å². The molecular weight excluding hydrogens is 316 g/mol. The lowest BCUT2D eigenvalue weighted by Gasteiger charge is -2.24. The van der Waals surface area contributed by atoms with Crippen LogP contribution in [0.1, 0.15) is 54.7 Å². The van der Waals surface area contributed by atoms with Crippen LogP contribution < -0.4 is 4.74 Å². The predicted molar refractivity (Wildman–Crippen MR) is 108 cm³/mol. The van der Waals surface area contributed by atoms with E-state index in [4.69, 9.17) is 4.74 Å². The molecule has 1 aliphatic rings. The summed E-state index contributed by atoms with van der Waals surface area (Å²) in [6.45, 7) is 0. The fourth-order valence-electron chi connectivity index (χ4n) is 3.98. The summed E-state index contributed by atoms with van der Waals surface area (Å²) in [5.41, 5.74) is 3.94. The highest BCUT2D eigenvalue weighted by atomic mass is 16.5. The van der Waals surface area contributed by atoms with Gasteiger partial charge in [-0.1, -0.05) is 79.2 Å². The molecule has 3 aromatic rings. The van der Waals surface area contributed by atoms with Crippen LogP contribution in [0.25, 0.3) is 0 Å². The lowest BCUT2D eigenvalue weighted by molar-refractivity contribution is 0.155. The largest absolute Gasteiger partial charge is 0.490 e. The Morgan fingerprint density at radius 1 is 0.577 bits per heavy atom. The summed E-state index contributed by atoms with van der Waals surface area (Å²) >= 11 is 0. The monoisotopic (exact) mass is 342 g/mol. The highest BCUT2D eigenvalue weighted by Gasteiger charge is 2.18. The van der Waals surface area contributed by atoms with Crippen LogP contribution in [-0.4, -0.2) is 6.10 Å². The van der Waals surface area contributed by atoms with Gasteiger partial charge in [0.1, 0.15) is 5.75 Å². The molecule has 26 heavy (non-hydrogen) atoms. The summed E-state index contributed by atoms with van der Waals surface area (Å²) in [7, 11) is 0. The lowest BCUT2D eigenvalue weighted by atomic mass is 9.85. The van der Waals surface area contributed by atoms with Crippen molar-refractivity contribution in [1.82, 2.24) is 0 Å². The topological polar surface area (TPSA) is 9.23 Å². The highest BCUT2D eigenvalue weighted by Crippen LogP contribution is 2.33. The number of benzene rings is 3. The maximum atomic E-state index is 6.20. The second-order valence-corrected chi connectivity index (χ2v) is 7.20. The van der Waals surface area contributed by atoms with Crippen LogP contribution in [0.2, 0.25) is 0 Å². The van der Waals surface area contributed by atoms with Gasteiger partial charge in [-0.05, 0) is 54.5 Å². The zero-order valence-corrected chi connectivity index (χ0v) is 15.2. The molecule has 0 spiro atoms. The number of hydrogen-bond acceptors (Lipinski definition) is 1. The Hall–Kier alpha value is -2.54. The van der Waals surface area contributed by atoms with Gasteiger partial charge in [0.05, 0.1) is 6.10 Å². The summed E-state index contributed by atoms with van der Waals surface area (Å²) in [6.07, 6.45) is 6.74. The second-order valence-electron chi connectivity index (χ2n) is 7.20. The first-order valence-electron chi connectivity index (χ1n) is 9.77. The summed E-state index contributed by atoms with van der Waals surface area (Å²) in [6, 6.07) is 30.2. The van der Waals surface area contributed by atoms with Crippen LogP contribution in [0.15, 0.2) is 84.9 Å². The van der Waals surface area contributed by atoms with E-state index in [0.29, 0.717) is 6.10 Å². The number of hydrogen-bond donors (Lipinski definition) is 0. The molecule has 0 heterocycles. The minimum atomic E-state index is 0.251. The van der Waals surface area contributed by atoms with Crippen molar-refractivity contribution in [1.29, 1.82) is 0 Å². The molecule has 4 rings (SSSR count). The maximum absolute atomic E-state index is 6.20. The van der Waals surface area contributed by atoms with Crippen molar-refractivity contribution in [3.63, 3.8) is 0 Å². The molecule has 3 aromatic carbocycles. The highest BCUT2D eigenvalue weighted by molar-refractivity contribution is 5.44. The van der Waals surface area contributed by atoms with Crippen LogP contribution in [0, 0.1) is 0 Å². The Morgan fingerprint density at radius 3 is 1.62 bits per heavy atom. The summed E-state index contributed by atoms with van der Waals surface area (Å²) < 4.78 is 6.20. The summed E-state index contributed by atoms with van der Waals surface area (Å²) in [4.78, 5) is 0. The molecule has 0 N–H and O–H groups in total. The molecule has 0 aromatic heterocycles. The van der Waals surface area contributed by atoms with Crippen molar-refractivity contribution in [3.8, 4) is 5.75 Å². The fraction of sp³-hybridized carbons (Fsp3) is 0.280. The van der Waals surface area contributed by atoms with Gasteiger partial charge in [0.2, 0.25) is 0 Å². The van der Waals surface area contributed by atoms with Crippen LogP contribution in [0.3, 0.4) is 0 Å². The van der Waals surface area contributed by atoms with Gasteiger partial charge >= 0.3 is 0 Å². The molecule has 0 bridgehead atoms. The number of ether oxygens (including phenoxy) is 1. The third-order valence-corrected chi connectivity index (χ3v) is 5.33. The Morgan fingerprint density at radius 2 is 1.08 bits per heavy atom. The molecule has 0 aliphatic heterocycles. The van der Waals surface area contributed by atoms with Crippen molar-refractivity contribution in [2.75, 3.05) is 0 Å². The van der Waals surface area contributed by atoms with E-state index in [9.17, 15) is 0 Å².